The summed E-state index contributed by atoms with van der Waals surface area (Å²) < 4.78 is 5.45. The quantitative estimate of drug-likeness (QED) is 0.611. The van der Waals surface area contributed by atoms with Crippen LogP contribution in [0.1, 0.15) is 23.7 Å². The molecule has 1 fully saturated rings. The number of aromatic hydroxyl groups is 1. The molecule has 1 aromatic rings. The minimum atomic E-state index is -0.234. The number of hydrogen-bond donors (Lipinski definition) is 2. The van der Waals surface area contributed by atoms with E-state index in [9.17, 15) is 9.90 Å². The second-order valence-corrected chi connectivity index (χ2v) is 4.59. The second-order valence-electron chi connectivity index (χ2n) is 4.59. The number of ether oxygens (including phenoxy) is 1. The van der Waals surface area contributed by atoms with E-state index in [1.165, 1.54) is 0 Å². The highest BCUT2D eigenvalue weighted by Crippen LogP contribution is 2.27. The number of para-hydroxylation sites is 1. The van der Waals surface area contributed by atoms with E-state index in [-0.39, 0.29) is 35.1 Å². The van der Waals surface area contributed by atoms with Gasteiger partial charge in [0, 0.05) is 13.7 Å². The molecule has 2 atom stereocenters. The van der Waals surface area contributed by atoms with E-state index < -0.39 is 0 Å². The van der Waals surface area contributed by atoms with Gasteiger partial charge >= 0.3 is 0 Å². The summed E-state index contributed by atoms with van der Waals surface area (Å²) >= 11 is 0. The summed E-state index contributed by atoms with van der Waals surface area (Å²) in [4.78, 5) is 13.9. The largest absolute Gasteiger partial charge is 0.505 e. The lowest BCUT2D eigenvalue weighted by molar-refractivity contribution is 0.0572. The van der Waals surface area contributed by atoms with Crippen molar-refractivity contribution in [2.24, 2.45) is 0 Å². The van der Waals surface area contributed by atoms with Crippen molar-refractivity contribution in [2.45, 2.75) is 25.5 Å². The highest BCUT2D eigenvalue weighted by molar-refractivity contribution is 5.98. The van der Waals surface area contributed by atoms with Gasteiger partial charge in [0.1, 0.15) is 0 Å². The summed E-state index contributed by atoms with van der Waals surface area (Å²) in [7, 11) is 1.72. The van der Waals surface area contributed by atoms with Gasteiger partial charge in [-0.2, -0.15) is 0 Å². The summed E-state index contributed by atoms with van der Waals surface area (Å²) in [5.74, 6) is -0.386. The zero-order chi connectivity index (χ0) is 13.3. The molecule has 0 radical (unpaired) electrons. The first-order valence-electron chi connectivity index (χ1n) is 5.98. The number of likely N-dealkylation sites (N-methyl/N-ethyl adjacent to an activating group) is 1. The zero-order valence-electron chi connectivity index (χ0n) is 10.6. The molecule has 1 aliphatic heterocycles. The third kappa shape index (κ3) is 2.13. The average molecular weight is 250 g/mol. The average Bonchev–Trinajstić information content (AvgIpc) is 2.77. The van der Waals surface area contributed by atoms with Crippen molar-refractivity contribution in [2.75, 3.05) is 19.4 Å². The molecule has 5 nitrogen and oxygen atoms in total. The van der Waals surface area contributed by atoms with Gasteiger partial charge in [-0.1, -0.05) is 6.07 Å². The van der Waals surface area contributed by atoms with E-state index in [1.54, 1.807) is 30.1 Å². The lowest BCUT2D eigenvalue weighted by atomic mass is 10.1. The molecule has 1 aromatic carbocycles. The van der Waals surface area contributed by atoms with Gasteiger partial charge in [0.2, 0.25) is 0 Å². The number of hydrogen-bond acceptors (Lipinski definition) is 4. The normalized spacial score (nSPS) is 23.0. The number of phenolic OH excluding ortho intramolecular Hbond substituents is 1. The van der Waals surface area contributed by atoms with Crippen molar-refractivity contribution < 1.29 is 14.6 Å². The smallest absolute Gasteiger partial charge is 0.257 e. The molecule has 2 unspecified atom stereocenters. The van der Waals surface area contributed by atoms with Crippen LogP contribution in [0.25, 0.3) is 0 Å². The van der Waals surface area contributed by atoms with Crippen LogP contribution in [-0.2, 0) is 4.74 Å². The first-order valence-corrected chi connectivity index (χ1v) is 5.98. The third-order valence-electron chi connectivity index (χ3n) is 3.45. The fourth-order valence-electron chi connectivity index (χ4n) is 2.30. The Morgan fingerprint density at radius 2 is 2.28 bits per heavy atom. The number of carbonyl (C=O) groups excluding carboxylic acids is 1. The molecule has 2 rings (SSSR count). The minimum absolute atomic E-state index is 0.0159. The maximum absolute atomic E-state index is 12.3. The molecule has 1 aliphatic rings. The summed E-state index contributed by atoms with van der Waals surface area (Å²) in [6.45, 7) is 2.60. The number of anilines is 1. The molecule has 0 aliphatic carbocycles. The van der Waals surface area contributed by atoms with Crippen molar-refractivity contribution in [3.8, 4) is 5.75 Å². The highest BCUT2D eigenvalue weighted by atomic mass is 16.5. The van der Waals surface area contributed by atoms with Gasteiger partial charge in [-0.05, 0) is 25.5 Å². The second kappa shape index (κ2) is 4.86. The Bertz CT molecular complexity index is 462. The predicted molar refractivity (Wildman–Crippen MR) is 68.4 cm³/mol. The Balaban J connectivity index is 2.23. The Kier molecular flexibility index (Phi) is 3.43. The Morgan fingerprint density at radius 3 is 2.89 bits per heavy atom. The van der Waals surface area contributed by atoms with Crippen LogP contribution < -0.4 is 5.73 Å². The van der Waals surface area contributed by atoms with Crippen LogP contribution in [0.3, 0.4) is 0 Å². The van der Waals surface area contributed by atoms with Gasteiger partial charge in [0.05, 0.1) is 23.4 Å². The van der Waals surface area contributed by atoms with Crippen LogP contribution in [-0.4, -0.2) is 41.7 Å². The van der Waals surface area contributed by atoms with E-state index in [4.69, 9.17) is 10.5 Å². The predicted octanol–water partition coefficient (Wildman–Crippen LogP) is 1.22. The number of rotatable bonds is 2. The number of amides is 1. The molecular formula is C13H18N2O3. The Hall–Kier alpha value is -1.75. The number of phenols is 1. The van der Waals surface area contributed by atoms with E-state index in [0.29, 0.717) is 6.61 Å². The number of nitrogen functional groups attached to an aromatic ring is 1. The Labute approximate surface area is 106 Å². The molecule has 5 heteroatoms. The van der Waals surface area contributed by atoms with E-state index >= 15 is 0 Å². The van der Waals surface area contributed by atoms with Crippen LogP contribution in [0.4, 0.5) is 5.69 Å². The standard InChI is InChI=1S/C13H18N2O3/c1-8-11(6-7-18-8)15(2)13(17)9-4-3-5-10(14)12(9)16/h3-5,8,11,16H,6-7,14H2,1-2H3. The molecule has 98 valence electrons. The summed E-state index contributed by atoms with van der Waals surface area (Å²) in [6, 6.07) is 4.83. The summed E-state index contributed by atoms with van der Waals surface area (Å²) in [5.41, 5.74) is 6.04. The van der Waals surface area contributed by atoms with Crippen molar-refractivity contribution >= 4 is 11.6 Å². The van der Waals surface area contributed by atoms with Gasteiger partial charge in [-0.15, -0.1) is 0 Å². The monoisotopic (exact) mass is 250 g/mol. The van der Waals surface area contributed by atoms with Crippen molar-refractivity contribution in [1.82, 2.24) is 4.90 Å². The van der Waals surface area contributed by atoms with E-state index in [0.717, 1.165) is 6.42 Å². The first-order chi connectivity index (χ1) is 8.52. The molecule has 0 bridgehead atoms. The van der Waals surface area contributed by atoms with Crippen molar-refractivity contribution in [3.05, 3.63) is 23.8 Å². The maximum atomic E-state index is 12.3. The van der Waals surface area contributed by atoms with Gasteiger partial charge in [0.15, 0.2) is 5.75 Å². The highest BCUT2D eigenvalue weighted by Gasteiger charge is 2.31. The van der Waals surface area contributed by atoms with Gasteiger partial charge in [-0.3, -0.25) is 4.79 Å². The Morgan fingerprint density at radius 1 is 1.56 bits per heavy atom. The first kappa shape index (κ1) is 12.7. The molecule has 1 amide bonds. The molecule has 3 N–H and O–H groups in total. The van der Waals surface area contributed by atoms with Crippen molar-refractivity contribution in [3.63, 3.8) is 0 Å². The number of benzene rings is 1. The van der Waals surface area contributed by atoms with Gasteiger partial charge in [0.25, 0.3) is 5.91 Å². The molecule has 1 heterocycles. The molecule has 18 heavy (non-hydrogen) atoms. The molecular weight excluding hydrogens is 232 g/mol. The van der Waals surface area contributed by atoms with Crippen molar-refractivity contribution in [1.29, 1.82) is 0 Å². The topological polar surface area (TPSA) is 75.8 Å². The third-order valence-corrected chi connectivity index (χ3v) is 3.45. The van der Waals surface area contributed by atoms with E-state index in [2.05, 4.69) is 0 Å². The fraction of sp³-hybridized carbons (Fsp3) is 0.462. The van der Waals surface area contributed by atoms with Crippen LogP contribution in [0, 0.1) is 0 Å². The SMILES string of the molecule is CC1OCCC1N(C)C(=O)c1cccc(N)c1O. The number of nitrogens with zero attached hydrogens (tertiary/aromatic N) is 1. The molecule has 0 saturated carbocycles. The van der Waals surface area contributed by atoms with Crippen LogP contribution >= 0.6 is 0 Å². The molecule has 0 spiro atoms. The van der Waals surface area contributed by atoms with Crippen LogP contribution in [0.15, 0.2) is 18.2 Å². The molecule has 0 aromatic heterocycles. The lowest BCUT2D eigenvalue weighted by Gasteiger charge is -2.27. The number of carbonyl (C=O) groups is 1. The zero-order valence-corrected chi connectivity index (χ0v) is 10.6. The van der Waals surface area contributed by atoms with Crippen LogP contribution in [0.2, 0.25) is 0 Å². The minimum Gasteiger partial charge on any atom is -0.505 e. The fourth-order valence-corrected chi connectivity index (χ4v) is 2.30. The summed E-state index contributed by atoms with van der Waals surface area (Å²) in [6.07, 6.45) is 0.828. The van der Waals surface area contributed by atoms with E-state index in [1.807, 2.05) is 6.92 Å². The maximum Gasteiger partial charge on any atom is 0.257 e. The van der Waals surface area contributed by atoms with Crippen LogP contribution in [0.5, 0.6) is 5.75 Å². The van der Waals surface area contributed by atoms with Gasteiger partial charge in [-0.25, -0.2) is 0 Å². The molecule has 1 saturated heterocycles. The summed E-state index contributed by atoms with van der Waals surface area (Å²) in [5, 5.41) is 9.82. The lowest BCUT2D eigenvalue weighted by Crippen LogP contribution is -2.41. The number of nitrogens with two attached hydrogens (primary N) is 1. The van der Waals surface area contributed by atoms with Gasteiger partial charge < -0.3 is 20.5 Å².